The molecule has 116 valence electrons. The van der Waals surface area contributed by atoms with Crippen LogP contribution < -0.4 is 0 Å². The smallest absolute Gasteiger partial charge is 0.337 e. The number of hydrogen-bond acceptors (Lipinski definition) is 7. The number of aliphatic hydroxyl groups is 2. The quantitative estimate of drug-likeness (QED) is 0.656. The van der Waals surface area contributed by atoms with E-state index >= 15 is 0 Å². The zero-order valence-corrected chi connectivity index (χ0v) is 11.8. The van der Waals surface area contributed by atoms with Gasteiger partial charge >= 0.3 is 11.9 Å². The summed E-state index contributed by atoms with van der Waals surface area (Å²) in [5.41, 5.74) is 0.0300. The molecule has 0 aliphatic heterocycles. The number of phenols is 1. The van der Waals surface area contributed by atoms with E-state index in [1.54, 1.807) is 6.92 Å². The maximum absolute atomic E-state index is 11.4. The third kappa shape index (κ3) is 4.44. The fourth-order valence-electron chi connectivity index (χ4n) is 1.75. The molecule has 0 aliphatic carbocycles. The maximum Gasteiger partial charge on any atom is 0.337 e. The Kier molecular flexibility index (Phi) is 6.13. The Labute approximate surface area is 121 Å². The summed E-state index contributed by atoms with van der Waals surface area (Å²) in [6, 6.07) is 3.71. The molecule has 21 heavy (non-hydrogen) atoms. The minimum atomic E-state index is -1.54. The van der Waals surface area contributed by atoms with Gasteiger partial charge in [0.15, 0.2) is 0 Å². The van der Waals surface area contributed by atoms with Gasteiger partial charge in [0.1, 0.15) is 11.9 Å². The van der Waals surface area contributed by atoms with Gasteiger partial charge in [-0.1, -0.05) is 0 Å². The number of benzene rings is 1. The van der Waals surface area contributed by atoms with Crippen LogP contribution in [-0.2, 0) is 14.3 Å². The lowest BCUT2D eigenvalue weighted by Crippen LogP contribution is -2.23. The van der Waals surface area contributed by atoms with Crippen molar-refractivity contribution in [3.05, 3.63) is 29.3 Å². The molecule has 2 atom stereocenters. The van der Waals surface area contributed by atoms with Crippen LogP contribution in [0.15, 0.2) is 18.2 Å². The molecule has 0 radical (unpaired) electrons. The summed E-state index contributed by atoms with van der Waals surface area (Å²) in [7, 11) is 1.20. The van der Waals surface area contributed by atoms with Gasteiger partial charge in [0.05, 0.1) is 31.8 Å². The Balaban J connectivity index is 2.92. The van der Waals surface area contributed by atoms with E-state index in [0.29, 0.717) is 0 Å². The van der Waals surface area contributed by atoms with Crippen LogP contribution in [0, 0.1) is 0 Å². The highest BCUT2D eigenvalue weighted by Crippen LogP contribution is 2.29. The first-order chi connectivity index (χ1) is 9.90. The number of carbonyl (C=O) groups is 2. The van der Waals surface area contributed by atoms with Gasteiger partial charge in [-0.15, -0.1) is 0 Å². The monoisotopic (exact) mass is 298 g/mol. The molecule has 0 aromatic heterocycles. The molecule has 1 aromatic carbocycles. The first-order valence-electron chi connectivity index (χ1n) is 6.33. The van der Waals surface area contributed by atoms with Gasteiger partial charge in [-0.05, 0) is 25.1 Å². The van der Waals surface area contributed by atoms with Crippen molar-refractivity contribution in [3.8, 4) is 5.75 Å². The fraction of sp³-hybridized carbons (Fsp3) is 0.429. The second-order valence-electron chi connectivity index (χ2n) is 4.29. The number of phenolic OH excluding ortho intramolecular Hbond substituents is 1. The van der Waals surface area contributed by atoms with Crippen molar-refractivity contribution in [3.63, 3.8) is 0 Å². The van der Waals surface area contributed by atoms with E-state index in [2.05, 4.69) is 9.47 Å². The Morgan fingerprint density at radius 1 is 1.29 bits per heavy atom. The van der Waals surface area contributed by atoms with Crippen molar-refractivity contribution < 1.29 is 34.4 Å². The molecule has 0 bridgehead atoms. The summed E-state index contributed by atoms with van der Waals surface area (Å²) >= 11 is 0. The third-order valence-corrected chi connectivity index (χ3v) is 2.81. The summed E-state index contributed by atoms with van der Waals surface area (Å²) in [5.74, 6) is -1.63. The van der Waals surface area contributed by atoms with Crippen LogP contribution in [-0.4, -0.2) is 47.1 Å². The normalized spacial score (nSPS) is 13.3. The van der Waals surface area contributed by atoms with E-state index in [4.69, 9.17) is 0 Å². The molecule has 0 saturated carbocycles. The number of rotatable bonds is 6. The van der Waals surface area contributed by atoms with Gasteiger partial charge in [-0.2, -0.15) is 0 Å². The standard InChI is InChI=1S/C14H18O7/c1-3-21-12(17)7-11(16)13(18)9-6-8(14(19)20-2)4-5-10(9)15/h4-6,11,13,15-16,18H,3,7H2,1-2H3. The van der Waals surface area contributed by atoms with Crippen molar-refractivity contribution in [1.29, 1.82) is 0 Å². The number of aliphatic hydroxyl groups excluding tert-OH is 2. The second-order valence-corrected chi connectivity index (χ2v) is 4.29. The topological polar surface area (TPSA) is 113 Å². The number of carbonyl (C=O) groups excluding carboxylic acids is 2. The fourth-order valence-corrected chi connectivity index (χ4v) is 1.75. The van der Waals surface area contributed by atoms with Gasteiger partial charge < -0.3 is 24.8 Å². The molecule has 0 amide bonds. The van der Waals surface area contributed by atoms with Crippen LogP contribution in [0.2, 0.25) is 0 Å². The Hall–Kier alpha value is -2.12. The molecule has 0 heterocycles. The van der Waals surface area contributed by atoms with Gasteiger partial charge in [0.25, 0.3) is 0 Å². The highest BCUT2D eigenvalue weighted by atomic mass is 16.5. The molecular weight excluding hydrogens is 280 g/mol. The van der Waals surface area contributed by atoms with Crippen molar-refractivity contribution >= 4 is 11.9 Å². The number of methoxy groups -OCH3 is 1. The van der Waals surface area contributed by atoms with E-state index in [1.165, 1.54) is 25.3 Å². The molecule has 0 saturated heterocycles. The third-order valence-electron chi connectivity index (χ3n) is 2.81. The van der Waals surface area contributed by atoms with Gasteiger partial charge in [-0.25, -0.2) is 4.79 Å². The second kappa shape index (κ2) is 7.61. The Bertz CT molecular complexity index is 512. The predicted molar refractivity (Wildman–Crippen MR) is 71.7 cm³/mol. The van der Waals surface area contributed by atoms with E-state index in [-0.39, 0.29) is 23.5 Å². The van der Waals surface area contributed by atoms with Crippen molar-refractivity contribution in [2.24, 2.45) is 0 Å². The minimum absolute atomic E-state index is 0.0744. The summed E-state index contributed by atoms with van der Waals surface area (Å²) < 4.78 is 9.19. The highest BCUT2D eigenvalue weighted by molar-refractivity contribution is 5.89. The highest BCUT2D eigenvalue weighted by Gasteiger charge is 2.25. The molecule has 7 heteroatoms. The largest absolute Gasteiger partial charge is 0.508 e. The molecule has 1 rings (SSSR count). The lowest BCUT2D eigenvalue weighted by molar-refractivity contribution is -0.147. The number of aromatic hydroxyl groups is 1. The van der Waals surface area contributed by atoms with E-state index < -0.39 is 30.6 Å². The summed E-state index contributed by atoms with van der Waals surface area (Å²) in [4.78, 5) is 22.7. The number of esters is 2. The van der Waals surface area contributed by atoms with Crippen LogP contribution in [0.5, 0.6) is 5.75 Å². The molecule has 2 unspecified atom stereocenters. The van der Waals surface area contributed by atoms with Crippen LogP contribution >= 0.6 is 0 Å². The summed E-state index contributed by atoms with van der Waals surface area (Å²) in [5, 5.41) is 29.5. The molecule has 7 nitrogen and oxygen atoms in total. The molecule has 1 aromatic rings. The number of hydrogen-bond donors (Lipinski definition) is 3. The van der Waals surface area contributed by atoms with Gasteiger partial charge in [0, 0.05) is 5.56 Å². The average Bonchev–Trinajstić information content (AvgIpc) is 2.46. The molecular formula is C14H18O7. The van der Waals surface area contributed by atoms with Crippen molar-refractivity contribution in [1.82, 2.24) is 0 Å². The van der Waals surface area contributed by atoms with Crippen LogP contribution in [0.3, 0.4) is 0 Å². The minimum Gasteiger partial charge on any atom is -0.508 e. The maximum atomic E-state index is 11.4. The van der Waals surface area contributed by atoms with Crippen LogP contribution in [0.1, 0.15) is 35.4 Å². The Morgan fingerprint density at radius 3 is 2.52 bits per heavy atom. The zero-order chi connectivity index (χ0) is 16.0. The van der Waals surface area contributed by atoms with E-state index in [1.807, 2.05) is 0 Å². The first-order valence-corrected chi connectivity index (χ1v) is 6.33. The van der Waals surface area contributed by atoms with Crippen molar-refractivity contribution in [2.45, 2.75) is 25.6 Å². The lowest BCUT2D eigenvalue weighted by Gasteiger charge is -2.19. The predicted octanol–water partition coefficient (Wildman–Crippen LogP) is 0.526. The number of ether oxygens (including phenoxy) is 2. The van der Waals surface area contributed by atoms with Crippen molar-refractivity contribution in [2.75, 3.05) is 13.7 Å². The van der Waals surface area contributed by atoms with Gasteiger partial charge in [-0.3, -0.25) is 4.79 Å². The van der Waals surface area contributed by atoms with Gasteiger partial charge in [0.2, 0.25) is 0 Å². The molecule has 0 fully saturated rings. The van der Waals surface area contributed by atoms with E-state index in [9.17, 15) is 24.9 Å². The molecule has 0 aliphatic rings. The SMILES string of the molecule is CCOC(=O)CC(O)C(O)c1cc(C(=O)OC)ccc1O. The average molecular weight is 298 g/mol. The first kappa shape index (κ1) is 16.9. The van der Waals surface area contributed by atoms with E-state index in [0.717, 1.165) is 0 Å². The zero-order valence-electron chi connectivity index (χ0n) is 11.8. The molecule has 0 spiro atoms. The van der Waals surface area contributed by atoms with Crippen LogP contribution in [0.25, 0.3) is 0 Å². The summed E-state index contributed by atoms with van der Waals surface area (Å²) in [6.45, 7) is 1.77. The Morgan fingerprint density at radius 2 is 1.95 bits per heavy atom. The summed E-state index contributed by atoms with van der Waals surface area (Å²) in [6.07, 6.45) is -3.45. The lowest BCUT2D eigenvalue weighted by atomic mass is 9.99. The van der Waals surface area contributed by atoms with Crippen LogP contribution in [0.4, 0.5) is 0 Å². The molecule has 3 N–H and O–H groups in total.